The molecule has 0 saturated heterocycles. The highest BCUT2D eigenvalue weighted by Gasteiger charge is 2.11. The topological polar surface area (TPSA) is 39.4 Å². The summed E-state index contributed by atoms with van der Waals surface area (Å²) in [6.07, 6.45) is 2.94. The first-order valence-electron chi connectivity index (χ1n) is 4.94. The van der Waals surface area contributed by atoms with Gasteiger partial charge < -0.3 is 9.15 Å². The number of ether oxygens (including phenoxy) is 1. The second kappa shape index (κ2) is 4.23. The highest BCUT2D eigenvalue weighted by Crippen LogP contribution is 2.20. The Kier molecular flexibility index (Phi) is 2.77. The van der Waals surface area contributed by atoms with Crippen molar-refractivity contribution in [3.8, 4) is 5.75 Å². The van der Waals surface area contributed by atoms with Gasteiger partial charge in [0.2, 0.25) is 0 Å². The summed E-state index contributed by atoms with van der Waals surface area (Å²) < 4.78 is 10.0. The minimum absolute atomic E-state index is 0.0421. The Morgan fingerprint density at radius 2 is 2.06 bits per heavy atom. The monoisotopic (exact) mass is 216 g/mol. The lowest BCUT2D eigenvalue weighted by atomic mass is 10.0. The first-order valence-corrected chi connectivity index (χ1v) is 4.94. The van der Waals surface area contributed by atoms with Crippen molar-refractivity contribution in [2.75, 3.05) is 7.11 Å². The number of rotatable bonds is 3. The largest absolute Gasteiger partial charge is 0.496 e. The van der Waals surface area contributed by atoms with Gasteiger partial charge in [0, 0.05) is 5.56 Å². The third kappa shape index (κ3) is 1.84. The van der Waals surface area contributed by atoms with Crippen LogP contribution in [0.1, 0.15) is 21.5 Å². The molecule has 2 rings (SSSR count). The van der Waals surface area contributed by atoms with Crippen LogP contribution in [0.3, 0.4) is 0 Å². The van der Waals surface area contributed by atoms with Crippen molar-refractivity contribution >= 4 is 5.78 Å². The van der Waals surface area contributed by atoms with Crippen molar-refractivity contribution in [3.05, 3.63) is 53.5 Å². The predicted octanol–water partition coefficient (Wildman–Crippen LogP) is 2.83. The van der Waals surface area contributed by atoms with Crippen molar-refractivity contribution in [2.24, 2.45) is 0 Å². The normalized spacial score (nSPS) is 10.1. The summed E-state index contributed by atoms with van der Waals surface area (Å²) in [5.74, 6) is 0.739. The molecule has 16 heavy (non-hydrogen) atoms. The van der Waals surface area contributed by atoms with Gasteiger partial charge in [0.15, 0.2) is 5.78 Å². The van der Waals surface area contributed by atoms with Gasteiger partial charge in [-0.15, -0.1) is 0 Å². The van der Waals surface area contributed by atoms with Gasteiger partial charge in [-0.2, -0.15) is 0 Å². The highest BCUT2D eigenvalue weighted by molar-refractivity contribution is 6.08. The fraction of sp³-hybridized carbons (Fsp3) is 0.154. The van der Waals surface area contributed by atoms with E-state index in [4.69, 9.17) is 9.15 Å². The standard InChI is InChI=1S/C13H12O3/c1-9-7-10(3-4-12(9)15-2)13(14)11-5-6-16-8-11/h3-8H,1-2H3. The molecule has 0 atom stereocenters. The van der Waals surface area contributed by atoms with Crippen LogP contribution in [0, 0.1) is 6.92 Å². The maximum Gasteiger partial charge on any atom is 0.196 e. The Morgan fingerprint density at radius 3 is 2.62 bits per heavy atom. The summed E-state index contributed by atoms with van der Waals surface area (Å²) in [4.78, 5) is 12.0. The van der Waals surface area contributed by atoms with E-state index in [2.05, 4.69) is 0 Å². The second-order valence-corrected chi connectivity index (χ2v) is 3.53. The molecule has 0 bridgehead atoms. The van der Waals surface area contributed by atoms with Gasteiger partial charge in [-0.3, -0.25) is 4.79 Å². The Morgan fingerprint density at radius 1 is 1.25 bits per heavy atom. The molecule has 0 saturated carbocycles. The summed E-state index contributed by atoms with van der Waals surface area (Å²) in [5.41, 5.74) is 2.14. The van der Waals surface area contributed by atoms with Crippen LogP contribution in [-0.4, -0.2) is 12.9 Å². The molecule has 0 aliphatic rings. The Balaban J connectivity index is 2.35. The van der Waals surface area contributed by atoms with Crippen molar-refractivity contribution in [3.63, 3.8) is 0 Å². The summed E-state index contributed by atoms with van der Waals surface area (Å²) in [7, 11) is 1.61. The maximum atomic E-state index is 12.0. The van der Waals surface area contributed by atoms with Crippen LogP contribution in [0.5, 0.6) is 5.75 Å². The number of ketones is 1. The van der Waals surface area contributed by atoms with Crippen LogP contribution in [0.4, 0.5) is 0 Å². The fourth-order valence-corrected chi connectivity index (χ4v) is 1.58. The first-order chi connectivity index (χ1) is 7.72. The molecule has 0 unspecified atom stereocenters. The minimum atomic E-state index is -0.0421. The molecule has 0 N–H and O–H groups in total. The van der Waals surface area contributed by atoms with Crippen LogP contribution < -0.4 is 4.74 Å². The van der Waals surface area contributed by atoms with Gasteiger partial charge >= 0.3 is 0 Å². The maximum absolute atomic E-state index is 12.0. The van der Waals surface area contributed by atoms with Crippen LogP contribution in [0.25, 0.3) is 0 Å². The summed E-state index contributed by atoms with van der Waals surface area (Å²) >= 11 is 0. The van der Waals surface area contributed by atoms with Crippen molar-refractivity contribution in [2.45, 2.75) is 6.92 Å². The smallest absolute Gasteiger partial charge is 0.196 e. The van der Waals surface area contributed by atoms with Crippen LogP contribution in [-0.2, 0) is 0 Å². The van der Waals surface area contributed by atoms with Gasteiger partial charge in [-0.05, 0) is 36.8 Å². The average Bonchev–Trinajstić information content (AvgIpc) is 2.81. The van der Waals surface area contributed by atoms with Crippen molar-refractivity contribution < 1.29 is 13.9 Å². The number of aryl methyl sites for hydroxylation is 1. The first kappa shape index (κ1) is 10.5. The summed E-state index contributed by atoms with van der Waals surface area (Å²) in [6.45, 7) is 1.91. The van der Waals surface area contributed by atoms with Crippen LogP contribution in [0.15, 0.2) is 41.2 Å². The fourth-order valence-electron chi connectivity index (χ4n) is 1.58. The lowest BCUT2D eigenvalue weighted by Crippen LogP contribution is -2.00. The van der Waals surface area contributed by atoms with E-state index in [1.807, 2.05) is 13.0 Å². The molecule has 0 aliphatic carbocycles. The molecule has 0 fully saturated rings. The third-order valence-electron chi connectivity index (χ3n) is 2.44. The number of hydrogen-bond donors (Lipinski definition) is 0. The highest BCUT2D eigenvalue weighted by atomic mass is 16.5. The number of furan rings is 1. The van der Waals surface area contributed by atoms with Crippen molar-refractivity contribution in [1.29, 1.82) is 0 Å². The third-order valence-corrected chi connectivity index (χ3v) is 2.44. The van der Waals surface area contributed by atoms with E-state index in [0.717, 1.165) is 11.3 Å². The van der Waals surface area contributed by atoms with Gasteiger partial charge in [0.25, 0.3) is 0 Å². The summed E-state index contributed by atoms with van der Waals surface area (Å²) in [5, 5.41) is 0. The van der Waals surface area contributed by atoms with E-state index in [9.17, 15) is 4.79 Å². The molecule has 0 radical (unpaired) electrons. The molecule has 3 nitrogen and oxygen atoms in total. The molecule has 2 aromatic rings. The number of carbonyl (C=O) groups is 1. The molecule has 0 aliphatic heterocycles. The average molecular weight is 216 g/mol. The molecule has 1 heterocycles. The Bertz CT molecular complexity index is 498. The van der Waals surface area contributed by atoms with Gasteiger partial charge in [0.05, 0.1) is 18.9 Å². The molecule has 0 amide bonds. The van der Waals surface area contributed by atoms with E-state index in [1.165, 1.54) is 12.5 Å². The molecular weight excluding hydrogens is 204 g/mol. The zero-order valence-electron chi connectivity index (χ0n) is 9.19. The van der Waals surface area contributed by atoms with E-state index in [0.29, 0.717) is 11.1 Å². The van der Waals surface area contributed by atoms with Gasteiger partial charge in [-0.1, -0.05) is 0 Å². The lowest BCUT2D eigenvalue weighted by Gasteiger charge is -2.05. The van der Waals surface area contributed by atoms with Crippen molar-refractivity contribution in [1.82, 2.24) is 0 Å². The minimum Gasteiger partial charge on any atom is -0.496 e. The van der Waals surface area contributed by atoms with E-state index in [-0.39, 0.29) is 5.78 Å². The quantitative estimate of drug-likeness (QED) is 0.740. The number of benzene rings is 1. The summed E-state index contributed by atoms with van der Waals surface area (Å²) in [6, 6.07) is 7.01. The molecule has 82 valence electrons. The van der Waals surface area contributed by atoms with Crippen LogP contribution in [0.2, 0.25) is 0 Å². The Hall–Kier alpha value is -2.03. The van der Waals surface area contributed by atoms with Gasteiger partial charge in [0.1, 0.15) is 12.0 Å². The number of hydrogen-bond acceptors (Lipinski definition) is 3. The number of methoxy groups -OCH3 is 1. The second-order valence-electron chi connectivity index (χ2n) is 3.53. The van der Waals surface area contributed by atoms with Crippen LogP contribution >= 0.6 is 0 Å². The molecule has 3 heteroatoms. The predicted molar refractivity (Wildman–Crippen MR) is 59.9 cm³/mol. The SMILES string of the molecule is COc1ccc(C(=O)c2ccoc2)cc1C. The van der Waals surface area contributed by atoms with Gasteiger partial charge in [-0.25, -0.2) is 0 Å². The number of carbonyl (C=O) groups excluding carboxylic acids is 1. The zero-order valence-corrected chi connectivity index (χ0v) is 9.19. The van der Waals surface area contributed by atoms with E-state index < -0.39 is 0 Å². The lowest BCUT2D eigenvalue weighted by molar-refractivity contribution is 0.103. The molecule has 0 spiro atoms. The zero-order chi connectivity index (χ0) is 11.5. The van der Waals surface area contributed by atoms with E-state index in [1.54, 1.807) is 25.3 Å². The molecule has 1 aromatic carbocycles. The Labute approximate surface area is 93.7 Å². The molecular formula is C13H12O3. The molecule has 1 aromatic heterocycles. The van der Waals surface area contributed by atoms with E-state index >= 15 is 0 Å².